The van der Waals surface area contributed by atoms with Gasteiger partial charge >= 0.3 is 0 Å². The molecule has 3 heteroatoms. The summed E-state index contributed by atoms with van der Waals surface area (Å²) in [7, 11) is 0. The maximum Gasteiger partial charge on any atom is 0.161 e. The molecule has 0 spiro atoms. The number of hydrogen-bond acceptors (Lipinski definition) is 3. The fourth-order valence-corrected chi connectivity index (χ4v) is 8.81. The summed E-state index contributed by atoms with van der Waals surface area (Å²) in [6.45, 7) is 0. The molecule has 0 aliphatic heterocycles. The van der Waals surface area contributed by atoms with Gasteiger partial charge in [0.05, 0.1) is 11.2 Å². The highest BCUT2D eigenvalue weighted by molar-refractivity contribution is 6.13. The van der Waals surface area contributed by atoms with Gasteiger partial charge in [-0.3, -0.25) is 0 Å². The molecule has 54 heavy (non-hydrogen) atoms. The molecule has 11 rings (SSSR count). The van der Waals surface area contributed by atoms with E-state index < -0.39 is 0 Å². The van der Waals surface area contributed by atoms with Crippen LogP contribution < -0.4 is 0 Å². The number of aryl methyl sites for hydroxylation is 1. The Kier molecular flexibility index (Phi) is 7.06. The minimum absolute atomic E-state index is 0.312. The van der Waals surface area contributed by atoms with Crippen molar-refractivity contribution >= 4 is 43.6 Å². The first-order valence-corrected chi connectivity index (χ1v) is 18.7. The monoisotopic (exact) mass is 690 g/mol. The molecule has 0 amide bonds. The summed E-state index contributed by atoms with van der Waals surface area (Å²) in [6.07, 6.45) is 2.09. The second-order valence-corrected chi connectivity index (χ2v) is 14.4. The summed E-state index contributed by atoms with van der Waals surface area (Å²) in [5.41, 5.74) is 14.7. The summed E-state index contributed by atoms with van der Waals surface area (Å²) in [5.74, 6) is 0.999. The second-order valence-electron chi connectivity index (χ2n) is 14.4. The average molecular weight is 691 g/mol. The molecule has 0 N–H and O–H groups in total. The quantitative estimate of drug-likeness (QED) is 0.184. The number of fused-ring (bicyclic) bond motifs is 9. The molecule has 2 aromatic heterocycles. The van der Waals surface area contributed by atoms with Gasteiger partial charge < -0.3 is 4.42 Å². The molecule has 1 unspecified atom stereocenters. The molecule has 0 fully saturated rings. The highest BCUT2D eigenvalue weighted by atomic mass is 16.3. The molecule has 0 radical (unpaired) electrons. The number of para-hydroxylation sites is 1. The van der Waals surface area contributed by atoms with E-state index >= 15 is 0 Å². The molecule has 1 atom stereocenters. The molecule has 1 aliphatic rings. The van der Waals surface area contributed by atoms with E-state index in [2.05, 4.69) is 152 Å². The van der Waals surface area contributed by atoms with Crippen LogP contribution in [0.5, 0.6) is 0 Å². The van der Waals surface area contributed by atoms with E-state index in [-0.39, 0.29) is 0 Å². The lowest BCUT2D eigenvalue weighted by atomic mass is 9.84. The van der Waals surface area contributed by atoms with Crippen LogP contribution in [0.15, 0.2) is 180 Å². The Labute approximate surface area is 313 Å². The maximum atomic E-state index is 6.51. The number of nitrogens with zero attached hydrogens (tertiary/aromatic N) is 2. The van der Waals surface area contributed by atoms with Crippen LogP contribution in [0.1, 0.15) is 29.0 Å². The van der Waals surface area contributed by atoms with Gasteiger partial charge in [-0.25, -0.2) is 9.97 Å². The van der Waals surface area contributed by atoms with E-state index in [0.29, 0.717) is 11.7 Å². The molecule has 0 saturated heterocycles. The highest BCUT2D eigenvalue weighted by Gasteiger charge is 2.26. The van der Waals surface area contributed by atoms with Crippen molar-refractivity contribution in [2.45, 2.75) is 18.8 Å². The Hall–Kier alpha value is -6.84. The van der Waals surface area contributed by atoms with Crippen LogP contribution in [0, 0.1) is 0 Å². The maximum absolute atomic E-state index is 6.51. The van der Waals surface area contributed by atoms with Gasteiger partial charge in [0, 0.05) is 33.2 Å². The third-order valence-electron chi connectivity index (χ3n) is 11.4. The van der Waals surface area contributed by atoms with Crippen molar-refractivity contribution in [3.05, 3.63) is 193 Å². The number of benzene rings is 8. The number of furan rings is 1. The van der Waals surface area contributed by atoms with Crippen LogP contribution in [-0.4, -0.2) is 9.97 Å². The van der Waals surface area contributed by atoms with Crippen molar-refractivity contribution in [1.29, 1.82) is 0 Å². The fourth-order valence-electron chi connectivity index (χ4n) is 8.81. The molecule has 3 nitrogen and oxygen atoms in total. The van der Waals surface area contributed by atoms with Crippen molar-refractivity contribution in [2.75, 3.05) is 0 Å². The van der Waals surface area contributed by atoms with Crippen LogP contribution in [0.4, 0.5) is 0 Å². The van der Waals surface area contributed by atoms with Crippen LogP contribution in [-0.2, 0) is 6.42 Å². The molecule has 10 aromatic rings. The molecule has 2 heterocycles. The van der Waals surface area contributed by atoms with E-state index in [0.717, 1.165) is 68.1 Å². The molecular formula is C51H34N2O. The molecular weight excluding hydrogens is 657 g/mol. The van der Waals surface area contributed by atoms with Crippen molar-refractivity contribution in [2.24, 2.45) is 0 Å². The van der Waals surface area contributed by atoms with Crippen LogP contribution in [0.2, 0.25) is 0 Å². The number of aromatic nitrogens is 2. The average Bonchev–Trinajstić information content (AvgIpc) is 3.53. The third kappa shape index (κ3) is 4.97. The van der Waals surface area contributed by atoms with E-state index in [1.54, 1.807) is 0 Å². The smallest absolute Gasteiger partial charge is 0.161 e. The van der Waals surface area contributed by atoms with E-state index in [4.69, 9.17) is 14.4 Å². The lowest BCUT2D eigenvalue weighted by Crippen LogP contribution is -2.02. The zero-order valence-electron chi connectivity index (χ0n) is 29.5. The summed E-state index contributed by atoms with van der Waals surface area (Å²) in [4.78, 5) is 10.4. The normalized spacial score (nSPS) is 14.0. The lowest BCUT2D eigenvalue weighted by Gasteiger charge is -2.19. The predicted octanol–water partition coefficient (Wildman–Crippen LogP) is 13.4. The Morgan fingerprint density at radius 1 is 0.481 bits per heavy atom. The largest absolute Gasteiger partial charge is 0.456 e. The zero-order valence-corrected chi connectivity index (χ0v) is 29.5. The van der Waals surface area contributed by atoms with E-state index in [1.807, 2.05) is 24.3 Å². The van der Waals surface area contributed by atoms with Gasteiger partial charge in [0.15, 0.2) is 5.82 Å². The van der Waals surface area contributed by atoms with E-state index in [9.17, 15) is 0 Å². The fraction of sp³-hybridized carbons (Fsp3) is 0.0588. The third-order valence-corrected chi connectivity index (χ3v) is 11.4. The van der Waals surface area contributed by atoms with Crippen LogP contribution in [0.3, 0.4) is 0 Å². The van der Waals surface area contributed by atoms with Gasteiger partial charge in [-0.05, 0) is 92.9 Å². The summed E-state index contributed by atoms with van der Waals surface area (Å²) < 4.78 is 6.51. The lowest BCUT2D eigenvalue weighted by molar-refractivity contribution is 0.669. The molecule has 1 aliphatic carbocycles. The Balaban J connectivity index is 1.10. The minimum atomic E-state index is 0.312. The first kappa shape index (κ1) is 30.8. The van der Waals surface area contributed by atoms with Crippen molar-refractivity contribution in [3.63, 3.8) is 0 Å². The van der Waals surface area contributed by atoms with E-state index in [1.165, 1.54) is 44.2 Å². The van der Waals surface area contributed by atoms with Gasteiger partial charge in [-0.2, -0.15) is 0 Å². The van der Waals surface area contributed by atoms with Crippen LogP contribution >= 0.6 is 0 Å². The second kappa shape index (κ2) is 12.4. The Morgan fingerprint density at radius 2 is 1.24 bits per heavy atom. The number of rotatable bonds is 4. The van der Waals surface area contributed by atoms with Gasteiger partial charge in [-0.15, -0.1) is 0 Å². The molecule has 8 aromatic carbocycles. The molecule has 254 valence electrons. The van der Waals surface area contributed by atoms with Crippen LogP contribution in [0.25, 0.3) is 88.5 Å². The van der Waals surface area contributed by atoms with Gasteiger partial charge in [0.25, 0.3) is 0 Å². The van der Waals surface area contributed by atoms with Crippen molar-refractivity contribution in [3.8, 4) is 44.9 Å². The first-order chi connectivity index (χ1) is 26.8. The SMILES string of the molecule is c1ccc(-c2nc(-c3cccc4oc5ccc(-c6ccc7c(c6)-c6ccc8ccccc8c6CCC7c6ccccc6)cc5c34)nc3ccccc23)cc1. The van der Waals surface area contributed by atoms with Crippen molar-refractivity contribution < 1.29 is 4.42 Å². The van der Waals surface area contributed by atoms with Gasteiger partial charge in [0.1, 0.15) is 11.2 Å². The first-order valence-electron chi connectivity index (χ1n) is 18.7. The topological polar surface area (TPSA) is 38.9 Å². The van der Waals surface area contributed by atoms with Crippen molar-refractivity contribution in [1.82, 2.24) is 9.97 Å². The molecule has 0 saturated carbocycles. The highest BCUT2D eigenvalue weighted by Crippen LogP contribution is 2.46. The zero-order chi connectivity index (χ0) is 35.6. The summed E-state index contributed by atoms with van der Waals surface area (Å²) >= 11 is 0. The van der Waals surface area contributed by atoms with Gasteiger partial charge in [0.2, 0.25) is 0 Å². The predicted molar refractivity (Wildman–Crippen MR) is 223 cm³/mol. The molecule has 0 bridgehead atoms. The standard InChI is InChI=1S/C51H34N2O/c1-3-12-32(13-4-1)38-27-28-39-37-17-8-7-14-33(37)22-25-41(39)44-30-35(23-26-40(38)44)36-24-29-47-45(31-36)49-43(19-11-21-48(49)54-47)51-52-46-20-10-9-18-42(46)50(53-51)34-15-5-2-6-16-34/h1-26,29-31,38H,27-28H2. The summed E-state index contributed by atoms with van der Waals surface area (Å²) in [6, 6.07) is 63.0. The number of hydrogen-bond donors (Lipinski definition) is 0. The summed E-state index contributed by atoms with van der Waals surface area (Å²) in [5, 5.41) is 5.77. The Morgan fingerprint density at radius 3 is 2.13 bits per heavy atom. The van der Waals surface area contributed by atoms with Gasteiger partial charge in [-0.1, -0.05) is 146 Å². The minimum Gasteiger partial charge on any atom is -0.456 e. The Bertz CT molecular complexity index is 3050.